The molecule has 1 aliphatic carbocycles. The highest BCUT2D eigenvalue weighted by molar-refractivity contribution is 6.43. The summed E-state index contributed by atoms with van der Waals surface area (Å²) in [6.07, 6.45) is 5.89. The molecular weight excluding hydrogens is 314 g/mol. The van der Waals surface area contributed by atoms with Crippen LogP contribution in [0.5, 0.6) is 0 Å². The van der Waals surface area contributed by atoms with Crippen LogP contribution in [0.25, 0.3) is 5.57 Å². The smallest absolute Gasteiger partial charge is 0.226 e. The summed E-state index contributed by atoms with van der Waals surface area (Å²) in [7, 11) is 1.85. The number of nitrogens with zero attached hydrogens (tertiary/aromatic N) is 5. The van der Waals surface area contributed by atoms with Crippen LogP contribution in [0.2, 0.25) is 0 Å². The van der Waals surface area contributed by atoms with Gasteiger partial charge in [-0.2, -0.15) is 5.10 Å². The highest BCUT2D eigenvalue weighted by Gasteiger charge is 2.36. The van der Waals surface area contributed by atoms with E-state index in [0.29, 0.717) is 16.8 Å². The van der Waals surface area contributed by atoms with Crippen molar-refractivity contribution in [2.24, 2.45) is 17.0 Å². The van der Waals surface area contributed by atoms with Crippen molar-refractivity contribution in [3.05, 3.63) is 59.0 Å². The zero-order chi connectivity index (χ0) is 17.0. The first-order valence-electron chi connectivity index (χ1n) is 8.52. The number of carbonyl (C=O) groups excluding carboxylic acids is 1. The van der Waals surface area contributed by atoms with Crippen molar-refractivity contribution in [3.63, 3.8) is 0 Å². The molecule has 6 heteroatoms. The van der Waals surface area contributed by atoms with Gasteiger partial charge in [-0.15, -0.1) is 0 Å². The summed E-state index contributed by atoms with van der Waals surface area (Å²) in [6.45, 7) is 1.95. The number of carbonyl (C=O) groups is 1. The van der Waals surface area contributed by atoms with Crippen LogP contribution >= 0.6 is 0 Å². The van der Waals surface area contributed by atoms with E-state index in [1.807, 2.05) is 37.5 Å². The van der Waals surface area contributed by atoms with Gasteiger partial charge in [0.05, 0.1) is 11.8 Å². The maximum absolute atomic E-state index is 13.2. The molecule has 0 spiro atoms. The number of hydrogen-bond donors (Lipinski definition) is 0. The summed E-state index contributed by atoms with van der Waals surface area (Å²) in [4.78, 5) is 24.9. The van der Waals surface area contributed by atoms with Gasteiger partial charge in [0.25, 0.3) is 0 Å². The third kappa shape index (κ3) is 2.10. The maximum atomic E-state index is 13.2. The Morgan fingerprint density at radius 1 is 1.04 bits per heavy atom. The second-order valence-electron chi connectivity index (χ2n) is 6.57. The number of Topliss-reactive ketones (excluding diaryl/α,β-unsaturated/α-hetero) is 1. The number of aliphatic imine (C=N–C) groups is 2. The lowest BCUT2D eigenvalue weighted by Gasteiger charge is -2.18. The summed E-state index contributed by atoms with van der Waals surface area (Å²) in [5.74, 6) is 0.720. The fourth-order valence-electron chi connectivity index (χ4n) is 3.70. The maximum Gasteiger partial charge on any atom is 0.226 e. The average Bonchev–Trinajstić information content (AvgIpc) is 3.35. The number of guanidine groups is 1. The molecule has 1 aromatic heterocycles. The average molecular weight is 331 g/mol. The molecule has 0 N–H and O–H groups in total. The van der Waals surface area contributed by atoms with Gasteiger partial charge in [0.15, 0.2) is 5.78 Å². The van der Waals surface area contributed by atoms with Gasteiger partial charge in [-0.1, -0.05) is 24.3 Å². The lowest BCUT2D eigenvalue weighted by molar-refractivity contribution is 0.105. The van der Waals surface area contributed by atoms with Crippen molar-refractivity contribution in [2.45, 2.75) is 12.8 Å². The Bertz CT molecular complexity index is 989. The van der Waals surface area contributed by atoms with E-state index in [0.717, 1.165) is 48.7 Å². The van der Waals surface area contributed by atoms with Crippen LogP contribution in [0, 0.1) is 0 Å². The van der Waals surface area contributed by atoms with Crippen molar-refractivity contribution in [3.8, 4) is 0 Å². The molecule has 0 radical (unpaired) electrons. The van der Waals surface area contributed by atoms with Crippen molar-refractivity contribution in [1.82, 2.24) is 14.7 Å². The Balaban J connectivity index is 1.74. The fourth-order valence-corrected chi connectivity index (χ4v) is 3.70. The minimum absolute atomic E-state index is 0.0102. The van der Waals surface area contributed by atoms with Gasteiger partial charge in [-0.3, -0.25) is 9.48 Å². The van der Waals surface area contributed by atoms with Crippen LogP contribution in [0.15, 0.2) is 52.3 Å². The van der Waals surface area contributed by atoms with Crippen LogP contribution in [-0.2, 0) is 7.05 Å². The molecule has 0 atom stereocenters. The molecule has 0 amide bonds. The van der Waals surface area contributed by atoms with E-state index in [9.17, 15) is 4.79 Å². The number of hydrogen-bond acceptors (Lipinski definition) is 5. The predicted molar refractivity (Wildman–Crippen MR) is 95.7 cm³/mol. The lowest BCUT2D eigenvalue weighted by atomic mass is 9.85. The zero-order valence-corrected chi connectivity index (χ0v) is 13.9. The molecule has 5 rings (SSSR count). The molecule has 1 saturated heterocycles. The lowest BCUT2D eigenvalue weighted by Crippen LogP contribution is -2.25. The first-order chi connectivity index (χ1) is 12.2. The number of rotatable bonds is 1. The van der Waals surface area contributed by atoms with Crippen LogP contribution in [0.3, 0.4) is 0 Å². The second kappa shape index (κ2) is 5.24. The van der Waals surface area contributed by atoms with Gasteiger partial charge >= 0.3 is 0 Å². The molecule has 0 unspecified atom stereocenters. The third-order valence-corrected chi connectivity index (χ3v) is 4.92. The quantitative estimate of drug-likeness (QED) is 0.805. The fraction of sp³-hybridized carbons (Fsp3) is 0.263. The number of likely N-dealkylation sites (tertiary alicyclic amines) is 1. The Labute approximate surface area is 145 Å². The molecule has 0 bridgehead atoms. The molecule has 1 aromatic carbocycles. The Morgan fingerprint density at radius 3 is 2.52 bits per heavy atom. The first-order valence-corrected chi connectivity index (χ1v) is 8.52. The van der Waals surface area contributed by atoms with Crippen molar-refractivity contribution >= 4 is 23.0 Å². The number of aromatic nitrogens is 2. The van der Waals surface area contributed by atoms with Crippen LogP contribution in [-0.4, -0.2) is 45.2 Å². The van der Waals surface area contributed by atoms with Gasteiger partial charge < -0.3 is 4.90 Å². The van der Waals surface area contributed by atoms with E-state index in [2.05, 4.69) is 10.00 Å². The summed E-state index contributed by atoms with van der Waals surface area (Å²) in [6, 6.07) is 7.64. The number of ketones is 1. The van der Waals surface area contributed by atoms with Gasteiger partial charge in [0.2, 0.25) is 5.96 Å². The first kappa shape index (κ1) is 14.3. The van der Waals surface area contributed by atoms with E-state index in [1.165, 1.54) is 0 Å². The van der Waals surface area contributed by atoms with Crippen LogP contribution in [0.4, 0.5) is 0 Å². The van der Waals surface area contributed by atoms with E-state index in [4.69, 9.17) is 9.98 Å². The zero-order valence-electron chi connectivity index (χ0n) is 13.9. The van der Waals surface area contributed by atoms with E-state index < -0.39 is 0 Å². The van der Waals surface area contributed by atoms with Crippen molar-refractivity contribution < 1.29 is 4.79 Å². The molecule has 2 aliphatic heterocycles. The second-order valence-corrected chi connectivity index (χ2v) is 6.57. The van der Waals surface area contributed by atoms with E-state index >= 15 is 0 Å². The molecule has 0 saturated carbocycles. The molecular formula is C19H17N5O. The molecule has 25 heavy (non-hydrogen) atoms. The molecule has 1 fully saturated rings. The largest absolute Gasteiger partial charge is 0.341 e. The Hall–Kier alpha value is -3.02. The van der Waals surface area contributed by atoms with Gasteiger partial charge in [-0.05, 0) is 12.8 Å². The predicted octanol–water partition coefficient (Wildman–Crippen LogP) is 2.28. The van der Waals surface area contributed by atoms with Crippen molar-refractivity contribution in [1.29, 1.82) is 0 Å². The van der Waals surface area contributed by atoms with E-state index in [-0.39, 0.29) is 5.78 Å². The number of aryl methyl sites for hydroxylation is 1. The van der Waals surface area contributed by atoms with Crippen LogP contribution in [0.1, 0.15) is 34.3 Å². The summed E-state index contributed by atoms with van der Waals surface area (Å²) in [5.41, 5.74) is 4.42. The Morgan fingerprint density at radius 2 is 1.80 bits per heavy atom. The van der Waals surface area contributed by atoms with Gasteiger partial charge in [-0.25, -0.2) is 9.98 Å². The molecule has 6 nitrogen and oxygen atoms in total. The number of fused-ring (bicyclic) bond motifs is 3. The SMILES string of the molecule is Cn1cc(C2=C3N=C(N4CCCC4)N=C3c3ccccc3C2=O)cn1. The van der Waals surface area contributed by atoms with Gasteiger partial charge in [0.1, 0.15) is 11.4 Å². The highest BCUT2D eigenvalue weighted by atomic mass is 16.1. The topological polar surface area (TPSA) is 62.9 Å². The summed E-state index contributed by atoms with van der Waals surface area (Å²) in [5, 5.41) is 4.22. The standard InChI is InChI=1S/C19H17N5O/c1-23-11-12(10-20-23)15-17-16(13-6-2-3-7-14(13)18(15)25)21-19(22-17)24-8-4-5-9-24/h2-3,6-7,10-11H,4-5,8-9H2,1H3. The number of allylic oxidation sites excluding steroid dienone is 2. The minimum atomic E-state index is -0.0102. The molecule has 3 aliphatic rings. The Kier molecular flexibility index (Phi) is 3.00. The third-order valence-electron chi connectivity index (χ3n) is 4.92. The highest BCUT2D eigenvalue weighted by Crippen LogP contribution is 2.36. The van der Waals surface area contributed by atoms with Crippen LogP contribution < -0.4 is 0 Å². The molecule has 124 valence electrons. The van der Waals surface area contributed by atoms with Crippen molar-refractivity contribution in [2.75, 3.05) is 13.1 Å². The van der Waals surface area contributed by atoms with Gasteiger partial charge in [0, 0.05) is 43.0 Å². The molecule has 2 aromatic rings. The summed E-state index contributed by atoms with van der Waals surface area (Å²) >= 11 is 0. The molecule has 3 heterocycles. The number of benzene rings is 1. The van der Waals surface area contributed by atoms with E-state index in [1.54, 1.807) is 10.9 Å². The summed E-state index contributed by atoms with van der Waals surface area (Å²) < 4.78 is 1.70. The minimum Gasteiger partial charge on any atom is -0.341 e. The normalized spacial score (nSPS) is 19.1. The monoisotopic (exact) mass is 331 g/mol.